The van der Waals surface area contributed by atoms with Crippen LogP contribution in [0.5, 0.6) is 5.75 Å². The van der Waals surface area contributed by atoms with Gasteiger partial charge in [-0.2, -0.15) is 0 Å². The van der Waals surface area contributed by atoms with E-state index in [0.717, 1.165) is 25.7 Å². The van der Waals surface area contributed by atoms with Gasteiger partial charge in [-0.1, -0.05) is 24.9 Å². The second-order valence-corrected chi connectivity index (χ2v) is 8.70. The van der Waals surface area contributed by atoms with Gasteiger partial charge in [-0.15, -0.1) is 0 Å². The second kappa shape index (κ2) is 8.09. The quantitative estimate of drug-likeness (QED) is 0.802. The second-order valence-electron chi connectivity index (χ2n) is 8.26. The summed E-state index contributed by atoms with van der Waals surface area (Å²) in [4.78, 5) is 24.8. The van der Waals surface area contributed by atoms with Crippen LogP contribution in [0.4, 0.5) is 0 Å². The van der Waals surface area contributed by atoms with Gasteiger partial charge in [0.25, 0.3) is 5.91 Å². The van der Waals surface area contributed by atoms with E-state index >= 15 is 0 Å². The topological polar surface area (TPSA) is 67.4 Å². The minimum absolute atomic E-state index is 0.0581. The molecule has 0 spiro atoms. The Balaban J connectivity index is 1.59. The number of benzene rings is 1. The van der Waals surface area contributed by atoms with E-state index in [0.29, 0.717) is 29.0 Å². The highest BCUT2D eigenvalue weighted by atomic mass is 35.5. The Labute approximate surface area is 166 Å². The van der Waals surface area contributed by atoms with Gasteiger partial charge in [0.2, 0.25) is 5.91 Å². The van der Waals surface area contributed by atoms with E-state index in [-0.39, 0.29) is 23.9 Å². The Bertz CT molecular complexity index is 689. The third-order valence-corrected chi connectivity index (χ3v) is 6.15. The van der Waals surface area contributed by atoms with Gasteiger partial charge in [-0.3, -0.25) is 9.59 Å². The lowest BCUT2D eigenvalue weighted by molar-refractivity contribution is -0.135. The van der Waals surface area contributed by atoms with Crippen molar-refractivity contribution in [1.82, 2.24) is 10.6 Å². The van der Waals surface area contributed by atoms with Crippen molar-refractivity contribution in [2.24, 2.45) is 11.8 Å². The number of piperidine rings is 1. The number of nitrogens with one attached hydrogen (secondary N) is 2. The molecule has 0 aromatic heterocycles. The number of amides is 2. The molecule has 1 saturated heterocycles. The maximum atomic E-state index is 12.8. The highest BCUT2D eigenvalue weighted by molar-refractivity contribution is 6.30. The summed E-state index contributed by atoms with van der Waals surface area (Å²) in [6, 6.07) is 7.21. The number of rotatable bonds is 5. The molecule has 1 saturated carbocycles. The van der Waals surface area contributed by atoms with Crippen LogP contribution in [-0.2, 0) is 9.59 Å². The Morgan fingerprint density at radius 1 is 1.30 bits per heavy atom. The summed E-state index contributed by atoms with van der Waals surface area (Å²) >= 11 is 5.90. The molecule has 1 aliphatic heterocycles. The van der Waals surface area contributed by atoms with Crippen LogP contribution in [0.25, 0.3) is 0 Å². The zero-order chi connectivity index (χ0) is 19.6. The molecule has 4 atom stereocenters. The van der Waals surface area contributed by atoms with Crippen molar-refractivity contribution in [3.8, 4) is 5.75 Å². The summed E-state index contributed by atoms with van der Waals surface area (Å²) in [5.74, 6) is 1.59. The van der Waals surface area contributed by atoms with E-state index in [1.807, 2.05) is 0 Å². The van der Waals surface area contributed by atoms with Crippen molar-refractivity contribution in [1.29, 1.82) is 0 Å². The van der Waals surface area contributed by atoms with Crippen LogP contribution in [0.1, 0.15) is 52.9 Å². The number of hydrogen-bond donors (Lipinski definition) is 2. The summed E-state index contributed by atoms with van der Waals surface area (Å²) in [6.07, 6.45) is 4.43. The summed E-state index contributed by atoms with van der Waals surface area (Å²) in [6.45, 7) is 5.68. The lowest BCUT2D eigenvalue weighted by atomic mass is 9.70. The van der Waals surface area contributed by atoms with Crippen molar-refractivity contribution in [3.05, 3.63) is 29.3 Å². The SMILES string of the molecule is CCC1CC(=O)NC2CC(NC(=O)C(C)(C)Oc3ccc(Cl)cc3)CCC12. The van der Waals surface area contributed by atoms with Gasteiger partial charge < -0.3 is 15.4 Å². The largest absolute Gasteiger partial charge is 0.478 e. The molecule has 2 fully saturated rings. The van der Waals surface area contributed by atoms with Gasteiger partial charge >= 0.3 is 0 Å². The number of hydrogen-bond acceptors (Lipinski definition) is 3. The first kappa shape index (κ1) is 20.0. The average molecular weight is 393 g/mol. The first-order valence-electron chi connectivity index (χ1n) is 9.83. The molecular weight excluding hydrogens is 364 g/mol. The molecular formula is C21H29ClN2O3. The predicted molar refractivity (Wildman–Crippen MR) is 106 cm³/mol. The number of ether oxygens (including phenoxy) is 1. The molecule has 3 rings (SSSR count). The van der Waals surface area contributed by atoms with E-state index < -0.39 is 5.60 Å². The lowest BCUT2D eigenvalue weighted by Crippen LogP contribution is -2.57. The third kappa shape index (κ3) is 4.75. The molecule has 1 aromatic rings. The van der Waals surface area contributed by atoms with Gasteiger partial charge in [-0.25, -0.2) is 0 Å². The first-order chi connectivity index (χ1) is 12.8. The fourth-order valence-electron chi connectivity index (χ4n) is 4.36. The van der Waals surface area contributed by atoms with E-state index in [9.17, 15) is 9.59 Å². The summed E-state index contributed by atoms with van der Waals surface area (Å²) in [5, 5.41) is 6.89. The molecule has 4 unspecified atom stereocenters. The summed E-state index contributed by atoms with van der Waals surface area (Å²) in [7, 11) is 0. The molecule has 6 heteroatoms. The van der Waals surface area contributed by atoms with E-state index in [1.165, 1.54) is 0 Å². The number of carbonyl (C=O) groups excluding carboxylic acids is 2. The lowest BCUT2D eigenvalue weighted by Gasteiger charge is -2.44. The minimum Gasteiger partial charge on any atom is -0.478 e. The smallest absolute Gasteiger partial charge is 0.263 e. The van der Waals surface area contributed by atoms with Gasteiger partial charge in [0, 0.05) is 23.5 Å². The molecule has 5 nitrogen and oxygen atoms in total. The maximum absolute atomic E-state index is 12.8. The standard InChI is InChI=1S/C21H29ClN2O3/c1-4-13-11-19(25)24-18-12-15(7-10-17(13)18)23-20(26)21(2,3)27-16-8-5-14(22)6-9-16/h5-6,8-9,13,15,17-18H,4,7,10-12H2,1-3H3,(H,23,26)(H,24,25). The summed E-state index contributed by atoms with van der Waals surface area (Å²) < 4.78 is 5.88. The van der Waals surface area contributed by atoms with Crippen LogP contribution in [0.2, 0.25) is 5.02 Å². The first-order valence-corrected chi connectivity index (χ1v) is 10.2. The zero-order valence-corrected chi connectivity index (χ0v) is 17.0. The Morgan fingerprint density at radius 3 is 2.67 bits per heavy atom. The van der Waals surface area contributed by atoms with Crippen molar-refractivity contribution in [2.45, 2.75) is 70.6 Å². The summed E-state index contributed by atoms with van der Waals surface area (Å²) in [5.41, 5.74) is -0.994. The van der Waals surface area contributed by atoms with E-state index in [2.05, 4.69) is 17.6 Å². The monoisotopic (exact) mass is 392 g/mol. The maximum Gasteiger partial charge on any atom is 0.263 e. The highest BCUT2D eigenvalue weighted by Crippen LogP contribution is 2.37. The fraction of sp³-hybridized carbons (Fsp3) is 0.619. The molecule has 2 aliphatic rings. The van der Waals surface area contributed by atoms with Crippen LogP contribution in [0.15, 0.2) is 24.3 Å². The van der Waals surface area contributed by atoms with Crippen LogP contribution < -0.4 is 15.4 Å². The Hall–Kier alpha value is -1.75. The third-order valence-electron chi connectivity index (χ3n) is 5.90. The van der Waals surface area contributed by atoms with Crippen molar-refractivity contribution in [3.63, 3.8) is 0 Å². The molecule has 1 aromatic carbocycles. The number of carbonyl (C=O) groups is 2. The van der Waals surface area contributed by atoms with E-state index in [4.69, 9.17) is 16.3 Å². The molecule has 2 amide bonds. The number of halogens is 1. The highest BCUT2D eigenvalue weighted by Gasteiger charge is 2.41. The van der Waals surface area contributed by atoms with Crippen LogP contribution >= 0.6 is 11.6 Å². The minimum atomic E-state index is -0.994. The fourth-order valence-corrected chi connectivity index (χ4v) is 4.49. The Morgan fingerprint density at radius 2 is 2.00 bits per heavy atom. The van der Waals surface area contributed by atoms with Crippen molar-refractivity contribution in [2.75, 3.05) is 0 Å². The van der Waals surface area contributed by atoms with Crippen molar-refractivity contribution >= 4 is 23.4 Å². The predicted octanol–water partition coefficient (Wildman–Crippen LogP) is 3.70. The van der Waals surface area contributed by atoms with Crippen LogP contribution in [0, 0.1) is 11.8 Å². The van der Waals surface area contributed by atoms with Crippen LogP contribution in [-0.4, -0.2) is 29.5 Å². The molecule has 2 N–H and O–H groups in total. The molecule has 1 heterocycles. The molecule has 1 aliphatic carbocycles. The van der Waals surface area contributed by atoms with Crippen molar-refractivity contribution < 1.29 is 14.3 Å². The van der Waals surface area contributed by atoms with Gasteiger partial charge in [0.1, 0.15) is 5.75 Å². The van der Waals surface area contributed by atoms with E-state index in [1.54, 1.807) is 38.1 Å². The zero-order valence-electron chi connectivity index (χ0n) is 16.3. The van der Waals surface area contributed by atoms with Gasteiger partial charge in [-0.05, 0) is 69.2 Å². The number of fused-ring (bicyclic) bond motifs is 1. The molecule has 0 radical (unpaired) electrons. The average Bonchev–Trinajstić information content (AvgIpc) is 2.62. The Kier molecular flexibility index (Phi) is 5.99. The van der Waals surface area contributed by atoms with Gasteiger partial charge in [0.05, 0.1) is 0 Å². The van der Waals surface area contributed by atoms with Crippen LogP contribution in [0.3, 0.4) is 0 Å². The molecule has 27 heavy (non-hydrogen) atoms. The molecule has 0 bridgehead atoms. The molecule has 148 valence electrons. The normalized spacial score (nSPS) is 28.1. The van der Waals surface area contributed by atoms with Gasteiger partial charge in [0.15, 0.2) is 5.60 Å².